The minimum atomic E-state index is -0.129. The number of nitrogens with zero attached hydrogens (tertiary/aromatic N) is 2. The third-order valence-corrected chi connectivity index (χ3v) is 3.47. The number of aryl methyl sites for hydroxylation is 2. The van der Waals surface area contributed by atoms with Crippen molar-refractivity contribution >= 4 is 10.9 Å². The fourth-order valence-electron chi connectivity index (χ4n) is 2.48. The van der Waals surface area contributed by atoms with Crippen molar-refractivity contribution in [3.8, 4) is 11.5 Å². The molecule has 0 amide bonds. The van der Waals surface area contributed by atoms with E-state index in [2.05, 4.69) is 21.9 Å². The monoisotopic (exact) mass is 279 g/mol. The zero-order valence-corrected chi connectivity index (χ0v) is 12.2. The van der Waals surface area contributed by atoms with Gasteiger partial charge in [-0.3, -0.25) is 4.79 Å². The van der Waals surface area contributed by atoms with E-state index in [9.17, 15) is 4.79 Å². The first kappa shape index (κ1) is 13.5. The molecule has 0 aliphatic rings. The van der Waals surface area contributed by atoms with Crippen LogP contribution in [0.4, 0.5) is 0 Å². The maximum absolute atomic E-state index is 11.8. The standard InChI is InChI=1S/C17H17N3O/c1-3-6-12-10-16(21)20-17(18-12)15-9-11(2)13-7-4-5-8-14(13)19-15/h4-5,7-10H,3,6H2,1-2H3,(H,18,20,21). The number of benzene rings is 1. The molecular formula is C17H17N3O. The molecule has 0 aliphatic heterocycles. The van der Waals surface area contributed by atoms with E-state index >= 15 is 0 Å². The highest BCUT2D eigenvalue weighted by molar-refractivity contribution is 5.84. The second-order valence-electron chi connectivity index (χ2n) is 5.18. The van der Waals surface area contributed by atoms with E-state index in [1.165, 1.54) is 0 Å². The van der Waals surface area contributed by atoms with Crippen molar-refractivity contribution in [3.05, 3.63) is 58.0 Å². The first-order valence-electron chi connectivity index (χ1n) is 7.14. The summed E-state index contributed by atoms with van der Waals surface area (Å²) in [4.78, 5) is 23.7. The number of rotatable bonds is 3. The van der Waals surface area contributed by atoms with Gasteiger partial charge in [0.05, 0.1) is 5.52 Å². The fourth-order valence-corrected chi connectivity index (χ4v) is 2.48. The lowest BCUT2D eigenvalue weighted by Gasteiger charge is -2.07. The van der Waals surface area contributed by atoms with Crippen LogP contribution in [0, 0.1) is 6.92 Å². The van der Waals surface area contributed by atoms with Gasteiger partial charge in [-0.15, -0.1) is 0 Å². The molecule has 0 unspecified atom stereocenters. The van der Waals surface area contributed by atoms with Crippen molar-refractivity contribution in [1.29, 1.82) is 0 Å². The second kappa shape index (κ2) is 5.48. The topological polar surface area (TPSA) is 58.6 Å². The summed E-state index contributed by atoms with van der Waals surface area (Å²) in [5.74, 6) is 0.541. The predicted octanol–water partition coefficient (Wildman–Crippen LogP) is 3.25. The molecule has 0 atom stereocenters. The highest BCUT2D eigenvalue weighted by atomic mass is 16.1. The first-order valence-corrected chi connectivity index (χ1v) is 7.14. The maximum Gasteiger partial charge on any atom is 0.251 e. The number of hydrogen-bond donors (Lipinski definition) is 1. The summed E-state index contributed by atoms with van der Waals surface area (Å²) in [6.45, 7) is 4.11. The minimum absolute atomic E-state index is 0.129. The Morgan fingerprint density at radius 1 is 1.14 bits per heavy atom. The molecule has 1 aromatic carbocycles. The summed E-state index contributed by atoms with van der Waals surface area (Å²) in [5, 5.41) is 1.12. The van der Waals surface area contributed by atoms with Crippen LogP contribution in [0.3, 0.4) is 0 Å². The lowest BCUT2D eigenvalue weighted by atomic mass is 10.1. The van der Waals surface area contributed by atoms with Crippen LogP contribution in [0.25, 0.3) is 22.4 Å². The van der Waals surface area contributed by atoms with Gasteiger partial charge in [-0.2, -0.15) is 0 Å². The lowest BCUT2D eigenvalue weighted by Crippen LogP contribution is -2.11. The summed E-state index contributed by atoms with van der Waals surface area (Å²) >= 11 is 0. The number of nitrogens with one attached hydrogen (secondary N) is 1. The van der Waals surface area contributed by atoms with Crippen LogP contribution in [0.5, 0.6) is 0 Å². The Morgan fingerprint density at radius 2 is 1.95 bits per heavy atom. The quantitative estimate of drug-likeness (QED) is 0.800. The Bertz CT molecular complexity index is 852. The highest BCUT2D eigenvalue weighted by Gasteiger charge is 2.08. The lowest BCUT2D eigenvalue weighted by molar-refractivity contribution is 0.868. The molecule has 0 saturated heterocycles. The number of para-hydroxylation sites is 1. The Balaban J connectivity index is 2.18. The Kier molecular flexibility index (Phi) is 3.52. The van der Waals surface area contributed by atoms with Crippen molar-refractivity contribution in [2.45, 2.75) is 26.7 Å². The van der Waals surface area contributed by atoms with Gasteiger partial charge < -0.3 is 4.98 Å². The van der Waals surface area contributed by atoms with Crippen LogP contribution in [0.1, 0.15) is 24.6 Å². The molecule has 3 rings (SSSR count). The van der Waals surface area contributed by atoms with E-state index in [0.717, 1.165) is 35.0 Å². The van der Waals surface area contributed by atoms with Gasteiger partial charge in [0.25, 0.3) is 5.56 Å². The molecule has 1 N–H and O–H groups in total. The zero-order chi connectivity index (χ0) is 14.8. The fraction of sp³-hybridized carbons (Fsp3) is 0.235. The van der Waals surface area contributed by atoms with Gasteiger partial charge >= 0.3 is 0 Å². The normalized spacial score (nSPS) is 11.0. The molecule has 2 heterocycles. The summed E-state index contributed by atoms with van der Waals surface area (Å²) in [6, 6.07) is 11.5. The van der Waals surface area contributed by atoms with Crippen LogP contribution >= 0.6 is 0 Å². The number of H-pyrrole nitrogens is 1. The van der Waals surface area contributed by atoms with Crippen molar-refractivity contribution in [3.63, 3.8) is 0 Å². The molecule has 21 heavy (non-hydrogen) atoms. The maximum atomic E-state index is 11.8. The van der Waals surface area contributed by atoms with Crippen LogP contribution < -0.4 is 5.56 Å². The molecule has 0 saturated carbocycles. The molecule has 2 aromatic heterocycles. The molecule has 3 aromatic rings. The van der Waals surface area contributed by atoms with Crippen molar-refractivity contribution in [1.82, 2.24) is 15.0 Å². The predicted molar refractivity (Wildman–Crippen MR) is 84.3 cm³/mol. The van der Waals surface area contributed by atoms with Gasteiger partial charge in [-0.1, -0.05) is 31.5 Å². The molecule has 106 valence electrons. The van der Waals surface area contributed by atoms with E-state index in [1.807, 2.05) is 37.3 Å². The molecule has 0 bridgehead atoms. The van der Waals surface area contributed by atoms with Crippen molar-refractivity contribution in [2.24, 2.45) is 0 Å². The third kappa shape index (κ3) is 2.70. The van der Waals surface area contributed by atoms with Crippen LogP contribution in [0.2, 0.25) is 0 Å². The molecule has 0 fully saturated rings. The van der Waals surface area contributed by atoms with E-state index in [-0.39, 0.29) is 5.56 Å². The average Bonchev–Trinajstić information content (AvgIpc) is 2.47. The Hall–Kier alpha value is -2.49. The van der Waals surface area contributed by atoms with E-state index in [0.29, 0.717) is 11.5 Å². The number of hydrogen-bond acceptors (Lipinski definition) is 3. The van der Waals surface area contributed by atoms with Gasteiger partial charge in [0, 0.05) is 17.1 Å². The first-order chi connectivity index (χ1) is 10.2. The number of aromatic amines is 1. The molecule has 0 spiro atoms. The smallest absolute Gasteiger partial charge is 0.251 e. The number of pyridine rings is 1. The minimum Gasteiger partial charge on any atom is -0.305 e. The van der Waals surface area contributed by atoms with Gasteiger partial charge in [0.15, 0.2) is 5.82 Å². The van der Waals surface area contributed by atoms with Gasteiger partial charge in [-0.25, -0.2) is 9.97 Å². The van der Waals surface area contributed by atoms with Crippen LogP contribution in [-0.2, 0) is 6.42 Å². The van der Waals surface area contributed by atoms with E-state index in [1.54, 1.807) is 6.07 Å². The SMILES string of the molecule is CCCc1cc(=O)[nH]c(-c2cc(C)c3ccccc3n2)n1. The molecular weight excluding hydrogens is 262 g/mol. The molecule has 0 radical (unpaired) electrons. The van der Waals surface area contributed by atoms with Gasteiger partial charge in [-0.05, 0) is 31.0 Å². The largest absolute Gasteiger partial charge is 0.305 e. The third-order valence-electron chi connectivity index (χ3n) is 3.47. The molecule has 4 heteroatoms. The molecule has 0 aliphatic carbocycles. The zero-order valence-electron chi connectivity index (χ0n) is 12.2. The summed E-state index contributed by atoms with van der Waals surface area (Å²) in [5.41, 5.74) is 3.43. The number of aromatic nitrogens is 3. The Morgan fingerprint density at radius 3 is 2.76 bits per heavy atom. The van der Waals surface area contributed by atoms with Crippen molar-refractivity contribution < 1.29 is 0 Å². The number of fused-ring (bicyclic) bond motifs is 1. The van der Waals surface area contributed by atoms with Gasteiger partial charge in [0.1, 0.15) is 5.69 Å². The highest BCUT2D eigenvalue weighted by Crippen LogP contribution is 2.21. The van der Waals surface area contributed by atoms with Gasteiger partial charge in [0.2, 0.25) is 0 Å². The average molecular weight is 279 g/mol. The Labute approximate surface area is 122 Å². The second-order valence-corrected chi connectivity index (χ2v) is 5.18. The summed E-state index contributed by atoms with van der Waals surface area (Å²) < 4.78 is 0. The molecule has 4 nitrogen and oxygen atoms in total. The summed E-state index contributed by atoms with van der Waals surface area (Å²) in [6.07, 6.45) is 1.75. The van der Waals surface area contributed by atoms with Crippen LogP contribution in [0.15, 0.2) is 41.2 Å². The van der Waals surface area contributed by atoms with E-state index < -0.39 is 0 Å². The van der Waals surface area contributed by atoms with Crippen molar-refractivity contribution in [2.75, 3.05) is 0 Å². The van der Waals surface area contributed by atoms with Crippen LogP contribution in [-0.4, -0.2) is 15.0 Å². The summed E-state index contributed by atoms with van der Waals surface area (Å²) in [7, 11) is 0. The van der Waals surface area contributed by atoms with E-state index in [4.69, 9.17) is 0 Å².